The van der Waals surface area contributed by atoms with Crippen LogP contribution in [0.3, 0.4) is 0 Å². The average Bonchev–Trinajstić information content (AvgIpc) is 2.03. The van der Waals surface area contributed by atoms with E-state index >= 15 is 0 Å². The zero-order valence-electron chi connectivity index (χ0n) is 7.30. The SMILES string of the molecule is C=C/C=C\C1=C(C)NC(=C)C=C1. The molecule has 0 radical (unpaired) electrons. The molecule has 62 valence electrons. The molecule has 0 fully saturated rings. The standard InChI is InChI=1S/C11H13N/c1-4-5-6-11-8-7-9(2)12-10(11)3/h4-8,12H,1-2H2,3H3/b6-5-. The van der Waals surface area contributed by atoms with Crippen LogP contribution in [0.5, 0.6) is 0 Å². The van der Waals surface area contributed by atoms with Crippen LogP contribution in [0.25, 0.3) is 0 Å². The summed E-state index contributed by atoms with van der Waals surface area (Å²) < 4.78 is 0. The molecule has 0 aliphatic carbocycles. The fraction of sp³-hybridized carbons (Fsp3) is 0.0909. The Morgan fingerprint density at radius 3 is 2.75 bits per heavy atom. The molecule has 0 atom stereocenters. The zero-order valence-corrected chi connectivity index (χ0v) is 7.30. The summed E-state index contributed by atoms with van der Waals surface area (Å²) >= 11 is 0. The molecule has 12 heavy (non-hydrogen) atoms. The monoisotopic (exact) mass is 159 g/mol. The van der Waals surface area contributed by atoms with E-state index < -0.39 is 0 Å². The lowest BCUT2D eigenvalue weighted by Gasteiger charge is -2.13. The highest BCUT2D eigenvalue weighted by molar-refractivity contribution is 5.43. The Labute approximate surface area is 73.5 Å². The third-order valence-corrected chi connectivity index (χ3v) is 1.66. The third-order valence-electron chi connectivity index (χ3n) is 1.66. The van der Waals surface area contributed by atoms with Crippen molar-refractivity contribution < 1.29 is 0 Å². The second-order valence-corrected chi connectivity index (χ2v) is 2.66. The topological polar surface area (TPSA) is 12.0 Å². The molecule has 0 spiro atoms. The van der Waals surface area contributed by atoms with Crippen molar-refractivity contribution in [2.75, 3.05) is 0 Å². The molecule has 1 nitrogen and oxygen atoms in total. The largest absolute Gasteiger partial charge is 0.359 e. The second kappa shape index (κ2) is 3.77. The van der Waals surface area contributed by atoms with Gasteiger partial charge in [-0.05, 0) is 18.6 Å². The molecular weight excluding hydrogens is 146 g/mol. The van der Waals surface area contributed by atoms with Gasteiger partial charge in [-0.1, -0.05) is 37.5 Å². The maximum absolute atomic E-state index is 3.80. The number of allylic oxidation sites excluding steroid dienone is 7. The highest BCUT2D eigenvalue weighted by Crippen LogP contribution is 2.12. The van der Waals surface area contributed by atoms with Crippen LogP contribution in [0.2, 0.25) is 0 Å². The number of rotatable bonds is 2. The Bertz CT molecular complexity index is 286. The van der Waals surface area contributed by atoms with Gasteiger partial charge in [-0.3, -0.25) is 0 Å². The maximum Gasteiger partial charge on any atom is 0.0309 e. The smallest absolute Gasteiger partial charge is 0.0309 e. The molecule has 0 saturated heterocycles. The van der Waals surface area contributed by atoms with Crippen LogP contribution in [-0.4, -0.2) is 0 Å². The minimum absolute atomic E-state index is 0.934. The Morgan fingerprint density at radius 2 is 2.17 bits per heavy atom. The quantitative estimate of drug-likeness (QED) is 0.611. The predicted molar refractivity (Wildman–Crippen MR) is 53.5 cm³/mol. The summed E-state index contributed by atoms with van der Waals surface area (Å²) in [5, 5.41) is 3.15. The predicted octanol–water partition coefficient (Wildman–Crippen LogP) is 2.68. The Morgan fingerprint density at radius 1 is 1.42 bits per heavy atom. The molecule has 1 rings (SSSR count). The van der Waals surface area contributed by atoms with E-state index in [1.54, 1.807) is 6.08 Å². The first-order valence-electron chi connectivity index (χ1n) is 3.88. The van der Waals surface area contributed by atoms with E-state index in [-0.39, 0.29) is 0 Å². The first kappa shape index (κ1) is 8.60. The summed E-state index contributed by atoms with van der Waals surface area (Å²) in [6, 6.07) is 0. The lowest BCUT2D eigenvalue weighted by molar-refractivity contribution is 0.980. The van der Waals surface area contributed by atoms with Gasteiger partial charge in [0.05, 0.1) is 0 Å². The minimum atomic E-state index is 0.934. The van der Waals surface area contributed by atoms with Gasteiger partial charge in [0.25, 0.3) is 0 Å². The molecule has 1 heterocycles. The molecular formula is C11H13N. The van der Waals surface area contributed by atoms with E-state index in [1.807, 2.05) is 31.2 Å². The summed E-state index contributed by atoms with van der Waals surface area (Å²) in [6.45, 7) is 9.44. The van der Waals surface area contributed by atoms with Crippen molar-refractivity contribution in [2.24, 2.45) is 0 Å². The van der Waals surface area contributed by atoms with Crippen LogP contribution in [0, 0.1) is 0 Å². The van der Waals surface area contributed by atoms with E-state index in [0.29, 0.717) is 0 Å². The third kappa shape index (κ3) is 1.99. The molecule has 1 aliphatic heterocycles. The van der Waals surface area contributed by atoms with Crippen molar-refractivity contribution in [2.45, 2.75) is 6.92 Å². The number of dihydropyridines is 1. The average molecular weight is 159 g/mol. The highest BCUT2D eigenvalue weighted by Gasteiger charge is 2.00. The Hall–Kier alpha value is -1.50. The molecule has 0 aromatic rings. The summed E-state index contributed by atoms with van der Waals surface area (Å²) in [5.41, 5.74) is 3.23. The maximum atomic E-state index is 3.80. The van der Waals surface area contributed by atoms with Gasteiger partial charge in [0, 0.05) is 11.4 Å². The molecule has 0 bridgehead atoms. The van der Waals surface area contributed by atoms with Crippen molar-refractivity contribution >= 4 is 0 Å². The van der Waals surface area contributed by atoms with Crippen molar-refractivity contribution in [3.05, 3.63) is 60.5 Å². The summed E-state index contributed by atoms with van der Waals surface area (Å²) in [5.74, 6) is 0. The van der Waals surface area contributed by atoms with Gasteiger partial charge in [0.2, 0.25) is 0 Å². The van der Waals surface area contributed by atoms with E-state index in [9.17, 15) is 0 Å². The Kier molecular flexibility index (Phi) is 2.70. The van der Waals surface area contributed by atoms with E-state index in [4.69, 9.17) is 0 Å². The first-order valence-corrected chi connectivity index (χ1v) is 3.88. The summed E-state index contributed by atoms with van der Waals surface area (Å²) in [4.78, 5) is 0. The van der Waals surface area contributed by atoms with Gasteiger partial charge >= 0.3 is 0 Å². The van der Waals surface area contributed by atoms with Gasteiger partial charge in [-0.2, -0.15) is 0 Å². The van der Waals surface area contributed by atoms with Crippen molar-refractivity contribution in [3.8, 4) is 0 Å². The molecule has 1 N–H and O–H groups in total. The molecule has 0 amide bonds. The fourth-order valence-corrected chi connectivity index (χ4v) is 1.02. The Balaban J connectivity index is 2.84. The van der Waals surface area contributed by atoms with Gasteiger partial charge < -0.3 is 5.32 Å². The van der Waals surface area contributed by atoms with Crippen LogP contribution in [0.4, 0.5) is 0 Å². The molecule has 1 aliphatic rings. The number of nitrogens with one attached hydrogen (secondary N) is 1. The molecule has 1 heteroatoms. The van der Waals surface area contributed by atoms with Gasteiger partial charge in [-0.25, -0.2) is 0 Å². The van der Waals surface area contributed by atoms with E-state index in [1.165, 1.54) is 5.57 Å². The van der Waals surface area contributed by atoms with Crippen LogP contribution in [0.1, 0.15) is 6.92 Å². The fourth-order valence-electron chi connectivity index (χ4n) is 1.02. The van der Waals surface area contributed by atoms with Crippen LogP contribution >= 0.6 is 0 Å². The lowest BCUT2D eigenvalue weighted by Crippen LogP contribution is -2.12. The van der Waals surface area contributed by atoms with Gasteiger partial charge in [-0.15, -0.1) is 0 Å². The van der Waals surface area contributed by atoms with E-state index in [2.05, 4.69) is 18.5 Å². The van der Waals surface area contributed by atoms with Crippen molar-refractivity contribution in [1.82, 2.24) is 5.32 Å². The molecule has 0 unspecified atom stereocenters. The summed E-state index contributed by atoms with van der Waals surface area (Å²) in [6.07, 6.45) is 9.68. The van der Waals surface area contributed by atoms with Crippen LogP contribution in [-0.2, 0) is 0 Å². The van der Waals surface area contributed by atoms with Crippen molar-refractivity contribution in [3.63, 3.8) is 0 Å². The van der Waals surface area contributed by atoms with E-state index in [0.717, 1.165) is 11.4 Å². The number of hydrogen-bond acceptors (Lipinski definition) is 1. The normalized spacial score (nSPS) is 16.9. The first-order chi connectivity index (χ1) is 5.74. The molecule has 0 saturated carbocycles. The minimum Gasteiger partial charge on any atom is -0.359 e. The van der Waals surface area contributed by atoms with Crippen LogP contribution in [0.15, 0.2) is 60.5 Å². The van der Waals surface area contributed by atoms with Crippen LogP contribution < -0.4 is 5.32 Å². The zero-order chi connectivity index (χ0) is 8.97. The highest BCUT2D eigenvalue weighted by atomic mass is 14.9. The summed E-state index contributed by atoms with van der Waals surface area (Å²) in [7, 11) is 0. The van der Waals surface area contributed by atoms with Gasteiger partial charge in [0.15, 0.2) is 0 Å². The van der Waals surface area contributed by atoms with Crippen molar-refractivity contribution in [1.29, 1.82) is 0 Å². The second-order valence-electron chi connectivity index (χ2n) is 2.66. The number of hydrogen-bond donors (Lipinski definition) is 1. The van der Waals surface area contributed by atoms with Gasteiger partial charge in [0.1, 0.15) is 0 Å². The lowest BCUT2D eigenvalue weighted by atomic mass is 10.1. The molecule has 0 aromatic carbocycles. The molecule has 0 aromatic heterocycles.